The van der Waals surface area contributed by atoms with Crippen molar-refractivity contribution in [3.63, 3.8) is 0 Å². The second-order valence-corrected chi connectivity index (χ2v) is 5.55. The molecule has 2 rings (SSSR count). The summed E-state index contributed by atoms with van der Waals surface area (Å²) in [5.41, 5.74) is 1.63. The predicted octanol–water partition coefficient (Wildman–Crippen LogP) is 4.12. The summed E-state index contributed by atoms with van der Waals surface area (Å²) in [6.45, 7) is 1.96. The zero-order valence-electron chi connectivity index (χ0n) is 9.18. The molecule has 1 aromatic heterocycles. The van der Waals surface area contributed by atoms with Crippen LogP contribution in [-0.4, -0.2) is 11.3 Å². The molecule has 0 radical (unpaired) electrons. The molecule has 0 amide bonds. The van der Waals surface area contributed by atoms with Gasteiger partial charge in [0.05, 0.1) is 0 Å². The summed E-state index contributed by atoms with van der Waals surface area (Å²) >= 11 is 5.03. The van der Waals surface area contributed by atoms with E-state index in [1.807, 2.05) is 37.3 Å². The second kappa shape index (κ2) is 5.47. The minimum atomic E-state index is 0.612. The number of benzene rings is 1. The van der Waals surface area contributed by atoms with Crippen molar-refractivity contribution in [1.82, 2.24) is 4.98 Å². The van der Waals surface area contributed by atoms with E-state index in [2.05, 4.69) is 20.9 Å². The summed E-state index contributed by atoms with van der Waals surface area (Å²) in [6.07, 6.45) is 2.41. The van der Waals surface area contributed by atoms with E-state index in [1.165, 1.54) is 0 Å². The van der Waals surface area contributed by atoms with Crippen molar-refractivity contribution >= 4 is 34.0 Å². The minimum Gasteiger partial charge on any atom is -0.298 e. The Hall–Kier alpha value is -1.13. The Bertz CT molecular complexity index is 557. The molecular weight excluding hydrogens is 298 g/mol. The molecule has 0 saturated heterocycles. The number of carbonyl (C=O) groups is 1. The first-order chi connectivity index (χ1) is 8.19. The normalized spacial score (nSPS) is 10.2. The lowest BCUT2D eigenvalue weighted by Crippen LogP contribution is -1.89. The van der Waals surface area contributed by atoms with Crippen LogP contribution in [-0.2, 0) is 0 Å². The van der Waals surface area contributed by atoms with Gasteiger partial charge in [-0.3, -0.25) is 4.79 Å². The summed E-state index contributed by atoms with van der Waals surface area (Å²) in [7, 11) is 0. The van der Waals surface area contributed by atoms with Gasteiger partial charge in [0.2, 0.25) is 0 Å². The van der Waals surface area contributed by atoms with Gasteiger partial charge in [-0.2, -0.15) is 0 Å². The standard InChI is InChI=1S/C13H10BrNOS/c1-9-5-10(8-16)7-15-13(9)17-12-4-2-3-11(14)6-12/h2-8H,1H3. The van der Waals surface area contributed by atoms with E-state index in [9.17, 15) is 4.79 Å². The van der Waals surface area contributed by atoms with Crippen LogP contribution < -0.4 is 0 Å². The molecule has 2 aromatic rings. The first-order valence-corrected chi connectivity index (χ1v) is 6.65. The third kappa shape index (κ3) is 3.17. The van der Waals surface area contributed by atoms with Gasteiger partial charge >= 0.3 is 0 Å². The SMILES string of the molecule is Cc1cc(C=O)cnc1Sc1cccc(Br)c1. The predicted molar refractivity (Wildman–Crippen MR) is 72.6 cm³/mol. The quantitative estimate of drug-likeness (QED) is 0.799. The smallest absolute Gasteiger partial charge is 0.151 e. The molecule has 1 heterocycles. The molecule has 2 nitrogen and oxygen atoms in total. The molecule has 0 aliphatic rings. The molecule has 0 aliphatic carbocycles. The van der Waals surface area contributed by atoms with Gasteiger partial charge in [-0.25, -0.2) is 4.98 Å². The van der Waals surface area contributed by atoms with Crippen molar-refractivity contribution in [2.75, 3.05) is 0 Å². The monoisotopic (exact) mass is 307 g/mol. The molecule has 0 atom stereocenters. The number of rotatable bonds is 3. The van der Waals surface area contributed by atoms with E-state index in [4.69, 9.17) is 0 Å². The molecule has 0 saturated carbocycles. The van der Waals surface area contributed by atoms with E-state index in [-0.39, 0.29) is 0 Å². The van der Waals surface area contributed by atoms with Crippen molar-refractivity contribution in [2.24, 2.45) is 0 Å². The number of hydrogen-bond acceptors (Lipinski definition) is 3. The first-order valence-electron chi connectivity index (χ1n) is 5.04. The highest BCUT2D eigenvalue weighted by atomic mass is 79.9. The maximum atomic E-state index is 10.6. The molecule has 0 unspecified atom stereocenters. The number of aldehydes is 1. The molecule has 1 aromatic carbocycles. The van der Waals surface area contributed by atoms with Gasteiger partial charge < -0.3 is 0 Å². The largest absolute Gasteiger partial charge is 0.298 e. The van der Waals surface area contributed by atoms with E-state index < -0.39 is 0 Å². The Balaban J connectivity index is 2.27. The van der Waals surface area contributed by atoms with Gasteiger partial charge in [0.1, 0.15) is 5.03 Å². The van der Waals surface area contributed by atoms with Crippen LogP contribution in [0.2, 0.25) is 0 Å². The minimum absolute atomic E-state index is 0.612. The molecule has 4 heteroatoms. The summed E-state index contributed by atoms with van der Waals surface area (Å²) < 4.78 is 1.05. The highest BCUT2D eigenvalue weighted by Gasteiger charge is 2.04. The Morgan fingerprint density at radius 1 is 1.35 bits per heavy atom. The molecule has 0 N–H and O–H groups in total. The summed E-state index contributed by atoms with van der Waals surface area (Å²) in [5, 5.41) is 0.925. The van der Waals surface area contributed by atoms with Crippen molar-refractivity contribution < 1.29 is 4.79 Å². The zero-order chi connectivity index (χ0) is 12.3. The maximum Gasteiger partial charge on any atom is 0.151 e. The number of aryl methyl sites for hydroxylation is 1. The van der Waals surface area contributed by atoms with Gasteiger partial charge in [0.15, 0.2) is 6.29 Å². The van der Waals surface area contributed by atoms with Crippen LogP contribution in [0.15, 0.2) is 50.9 Å². The zero-order valence-corrected chi connectivity index (χ0v) is 11.6. The van der Waals surface area contributed by atoms with E-state index in [0.29, 0.717) is 5.56 Å². The van der Waals surface area contributed by atoms with Crippen LogP contribution in [0.3, 0.4) is 0 Å². The second-order valence-electron chi connectivity index (χ2n) is 3.57. The van der Waals surface area contributed by atoms with Crippen molar-refractivity contribution in [3.8, 4) is 0 Å². The van der Waals surface area contributed by atoms with E-state index in [1.54, 1.807) is 18.0 Å². The molecule has 86 valence electrons. The Labute approximate surface area is 113 Å². The lowest BCUT2D eigenvalue weighted by atomic mass is 10.2. The molecule has 17 heavy (non-hydrogen) atoms. The number of aromatic nitrogens is 1. The van der Waals surface area contributed by atoms with Gasteiger partial charge in [0, 0.05) is 21.1 Å². The Morgan fingerprint density at radius 2 is 2.18 bits per heavy atom. The lowest BCUT2D eigenvalue weighted by molar-refractivity contribution is 0.112. The fourth-order valence-corrected chi connectivity index (χ4v) is 2.83. The van der Waals surface area contributed by atoms with Gasteiger partial charge in [0.25, 0.3) is 0 Å². The fraction of sp³-hybridized carbons (Fsp3) is 0.0769. The van der Waals surface area contributed by atoms with Crippen LogP contribution in [0.4, 0.5) is 0 Å². The molecule has 0 bridgehead atoms. The molecule has 0 spiro atoms. The number of carbonyl (C=O) groups excluding carboxylic acids is 1. The molecular formula is C13H10BrNOS. The number of halogens is 1. The average Bonchev–Trinajstić information content (AvgIpc) is 2.32. The van der Waals surface area contributed by atoms with Crippen LogP contribution in [0.25, 0.3) is 0 Å². The van der Waals surface area contributed by atoms with Crippen LogP contribution in [0.5, 0.6) is 0 Å². The third-order valence-corrected chi connectivity index (χ3v) is 3.80. The third-order valence-electron chi connectivity index (χ3n) is 2.20. The highest BCUT2D eigenvalue weighted by molar-refractivity contribution is 9.10. The summed E-state index contributed by atoms with van der Waals surface area (Å²) in [6, 6.07) is 9.89. The van der Waals surface area contributed by atoms with Crippen LogP contribution >= 0.6 is 27.7 Å². The number of pyridine rings is 1. The highest BCUT2D eigenvalue weighted by Crippen LogP contribution is 2.30. The maximum absolute atomic E-state index is 10.6. The first kappa shape index (κ1) is 12.3. The Morgan fingerprint density at radius 3 is 2.82 bits per heavy atom. The van der Waals surface area contributed by atoms with E-state index in [0.717, 1.165) is 26.2 Å². The molecule has 0 aliphatic heterocycles. The van der Waals surface area contributed by atoms with Gasteiger partial charge in [-0.1, -0.05) is 33.8 Å². The van der Waals surface area contributed by atoms with Crippen molar-refractivity contribution in [2.45, 2.75) is 16.8 Å². The van der Waals surface area contributed by atoms with Crippen LogP contribution in [0.1, 0.15) is 15.9 Å². The van der Waals surface area contributed by atoms with Crippen molar-refractivity contribution in [1.29, 1.82) is 0 Å². The summed E-state index contributed by atoms with van der Waals surface area (Å²) in [4.78, 5) is 16.0. The lowest BCUT2D eigenvalue weighted by Gasteiger charge is -2.05. The number of nitrogens with zero attached hydrogens (tertiary/aromatic N) is 1. The Kier molecular flexibility index (Phi) is 3.97. The van der Waals surface area contributed by atoms with Gasteiger partial charge in [-0.05, 0) is 36.8 Å². The summed E-state index contributed by atoms with van der Waals surface area (Å²) in [5.74, 6) is 0. The topological polar surface area (TPSA) is 30.0 Å². The van der Waals surface area contributed by atoms with E-state index >= 15 is 0 Å². The van der Waals surface area contributed by atoms with Crippen LogP contribution in [0, 0.1) is 6.92 Å². The molecule has 0 fully saturated rings. The average molecular weight is 308 g/mol. The number of hydrogen-bond donors (Lipinski definition) is 0. The van der Waals surface area contributed by atoms with Gasteiger partial charge in [-0.15, -0.1) is 0 Å². The van der Waals surface area contributed by atoms with Crippen molar-refractivity contribution in [3.05, 3.63) is 52.1 Å². The fourth-order valence-electron chi connectivity index (χ4n) is 1.40.